The number of benzene rings is 2. The lowest BCUT2D eigenvalue weighted by Gasteiger charge is -2.21. The number of nitrogens with two attached hydrogens (primary N) is 1. The SMILES string of the molecule is COc1ccc(C(N)=O)cc1NC(=O)c1cc(S(=O)(=O)N(C)C(C)C)ccc1Cl. The summed E-state index contributed by atoms with van der Waals surface area (Å²) in [4.78, 5) is 24.1. The van der Waals surface area contributed by atoms with Crippen LogP contribution in [0.15, 0.2) is 41.3 Å². The number of halogens is 1. The van der Waals surface area contributed by atoms with Crippen LogP contribution in [-0.4, -0.2) is 44.7 Å². The Hall–Kier alpha value is -2.62. The molecule has 2 amide bonds. The zero-order chi connectivity index (χ0) is 21.9. The maximum atomic E-state index is 12.8. The Morgan fingerprint density at radius 1 is 1.17 bits per heavy atom. The molecule has 10 heteroatoms. The van der Waals surface area contributed by atoms with Crippen molar-refractivity contribution in [1.82, 2.24) is 4.31 Å². The second-order valence-corrected chi connectivity index (χ2v) is 8.89. The van der Waals surface area contributed by atoms with Crippen molar-refractivity contribution in [2.45, 2.75) is 24.8 Å². The van der Waals surface area contributed by atoms with Gasteiger partial charge < -0.3 is 15.8 Å². The normalized spacial score (nSPS) is 11.6. The van der Waals surface area contributed by atoms with Gasteiger partial charge in [-0.3, -0.25) is 9.59 Å². The van der Waals surface area contributed by atoms with Crippen LogP contribution in [0.4, 0.5) is 5.69 Å². The van der Waals surface area contributed by atoms with E-state index in [4.69, 9.17) is 22.1 Å². The summed E-state index contributed by atoms with van der Waals surface area (Å²) in [7, 11) is -0.953. The molecule has 0 aliphatic rings. The van der Waals surface area contributed by atoms with Crippen LogP contribution in [0.25, 0.3) is 0 Å². The highest BCUT2D eigenvalue weighted by molar-refractivity contribution is 7.89. The summed E-state index contributed by atoms with van der Waals surface area (Å²) in [6.07, 6.45) is 0. The fourth-order valence-electron chi connectivity index (χ4n) is 2.43. The average molecular weight is 440 g/mol. The van der Waals surface area contributed by atoms with Gasteiger partial charge in [0.25, 0.3) is 5.91 Å². The first-order valence-electron chi connectivity index (χ1n) is 8.55. The maximum Gasteiger partial charge on any atom is 0.257 e. The minimum atomic E-state index is -3.81. The summed E-state index contributed by atoms with van der Waals surface area (Å²) >= 11 is 6.13. The van der Waals surface area contributed by atoms with E-state index in [-0.39, 0.29) is 32.8 Å². The predicted octanol–water partition coefficient (Wildman–Crippen LogP) is 2.73. The van der Waals surface area contributed by atoms with Gasteiger partial charge in [-0.2, -0.15) is 4.31 Å². The van der Waals surface area contributed by atoms with Crippen molar-refractivity contribution in [3.63, 3.8) is 0 Å². The number of primary amides is 1. The number of methoxy groups -OCH3 is 1. The molecule has 8 nitrogen and oxygen atoms in total. The first kappa shape index (κ1) is 22.7. The van der Waals surface area contributed by atoms with Crippen LogP contribution in [0.2, 0.25) is 5.02 Å². The Balaban J connectivity index is 2.45. The summed E-state index contributed by atoms with van der Waals surface area (Å²) in [5.74, 6) is -1.05. The van der Waals surface area contributed by atoms with Gasteiger partial charge in [-0.05, 0) is 50.2 Å². The van der Waals surface area contributed by atoms with Crippen LogP contribution in [0.1, 0.15) is 34.6 Å². The average Bonchev–Trinajstić information content (AvgIpc) is 2.67. The van der Waals surface area contributed by atoms with E-state index >= 15 is 0 Å². The Bertz CT molecular complexity index is 1050. The van der Waals surface area contributed by atoms with Crippen molar-refractivity contribution in [3.05, 3.63) is 52.5 Å². The molecule has 29 heavy (non-hydrogen) atoms. The van der Waals surface area contributed by atoms with E-state index in [1.54, 1.807) is 13.8 Å². The number of carbonyl (C=O) groups is 2. The van der Waals surface area contributed by atoms with Crippen molar-refractivity contribution in [3.8, 4) is 5.75 Å². The third-order valence-electron chi connectivity index (χ3n) is 4.32. The molecule has 0 unspecified atom stereocenters. The number of anilines is 1. The molecule has 0 aliphatic heterocycles. The van der Waals surface area contributed by atoms with E-state index in [0.717, 1.165) is 0 Å². The summed E-state index contributed by atoms with van der Waals surface area (Å²) in [5.41, 5.74) is 5.59. The number of nitrogens with one attached hydrogen (secondary N) is 1. The Kier molecular flexibility index (Phi) is 6.89. The molecule has 3 N–H and O–H groups in total. The largest absolute Gasteiger partial charge is 0.495 e. The van der Waals surface area contributed by atoms with Crippen LogP contribution >= 0.6 is 11.6 Å². The van der Waals surface area contributed by atoms with E-state index in [2.05, 4.69) is 5.32 Å². The molecule has 2 rings (SSSR count). The van der Waals surface area contributed by atoms with E-state index in [0.29, 0.717) is 5.75 Å². The number of sulfonamides is 1. The van der Waals surface area contributed by atoms with Gasteiger partial charge in [-0.25, -0.2) is 8.42 Å². The Labute approximate surface area is 174 Å². The lowest BCUT2D eigenvalue weighted by atomic mass is 10.1. The molecule has 0 saturated carbocycles. The predicted molar refractivity (Wildman–Crippen MR) is 111 cm³/mol. The molecule has 0 aliphatic carbocycles. The molecule has 0 aromatic heterocycles. The van der Waals surface area contributed by atoms with E-state index < -0.39 is 21.8 Å². The number of hydrogen-bond donors (Lipinski definition) is 2. The quantitative estimate of drug-likeness (QED) is 0.687. The summed E-state index contributed by atoms with van der Waals surface area (Å²) in [6, 6.07) is 7.91. The first-order chi connectivity index (χ1) is 13.5. The molecular formula is C19H22ClN3O5S. The van der Waals surface area contributed by atoms with Crippen LogP contribution < -0.4 is 15.8 Å². The van der Waals surface area contributed by atoms with Gasteiger partial charge >= 0.3 is 0 Å². The van der Waals surface area contributed by atoms with E-state index in [1.165, 1.54) is 54.9 Å². The third-order valence-corrected chi connectivity index (χ3v) is 6.68. The van der Waals surface area contributed by atoms with Crippen LogP contribution in [-0.2, 0) is 10.0 Å². The molecule has 0 spiro atoms. The number of nitrogens with zero attached hydrogens (tertiary/aromatic N) is 1. The molecule has 0 radical (unpaired) electrons. The highest BCUT2D eigenvalue weighted by Crippen LogP contribution is 2.28. The third kappa shape index (κ3) is 4.87. The molecule has 2 aromatic carbocycles. The van der Waals surface area contributed by atoms with E-state index in [1.807, 2.05) is 0 Å². The van der Waals surface area contributed by atoms with Gasteiger partial charge in [0, 0.05) is 18.7 Å². The summed E-state index contributed by atoms with van der Waals surface area (Å²) in [6.45, 7) is 3.47. The summed E-state index contributed by atoms with van der Waals surface area (Å²) in [5, 5.41) is 2.65. The van der Waals surface area contributed by atoms with Crippen LogP contribution in [0.3, 0.4) is 0 Å². The fraction of sp³-hybridized carbons (Fsp3) is 0.263. The topological polar surface area (TPSA) is 119 Å². The highest BCUT2D eigenvalue weighted by atomic mass is 35.5. The Morgan fingerprint density at radius 2 is 1.83 bits per heavy atom. The van der Waals surface area contributed by atoms with Crippen molar-refractivity contribution in [2.75, 3.05) is 19.5 Å². The zero-order valence-electron chi connectivity index (χ0n) is 16.4. The van der Waals surface area contributed by atoms with Crippen LogP contribution in [0.5, 0.6) is 5.75 Å². The number of ether oxygens (including phenoxy) is 1. The molecule has 0 saturated heterocycles. The molecule has 0 bridgehead atoms. The molecule has 2 aromatic rings. The first-order valence-corrected chi connectivity index (χ1v) is 10.4. The molecule has 0 fully saturated rings. The minimum absolute atomic E-state index is 0.0450. The minimum Gasteiger partial charge on any atom is -0.495 e. The summed E-state index contributed by atoms with van der Waals surface area (Å²) < 4.78 is 31.8. The number of hydrogen-bond acceptors (Lipinski definition) is 5. The lowest BCUT2D eigenvalue weighted by molar-refractivity contribution is 0.0996. The van der Waals surface area contributed by atoms with Gasteiger partial charge in [0.1, 0.15) is 5.75 Å². The number of carbonyl (C=O) groups excluding carboxylic acids is 2. The van der Waals surface area contributed by atoms with Gasteiger partial charge in [0.2, 0.25) is 15.9 Å². The number of rotatable bonds is 7. The van der Waals surface area contributed by atoms with Crippen molar-refractivity contribution < 1.29 is 22.7 Å². The second kappa shape index (κ2) is 8.81. The fourth-order valence-corrected chi connectivity index (χ4v) is 4.03. The van der Waals surface area contributed by atoms with E-state index in [9.17, 15) is 18.0 Å². The molecular weight excluding hydrogens is 418 g/mol. The highest BCUT2D eigenvalue weighted by Gasteiger charge is 2.25. The second-order valence-electron chi connectivity index (χ2n) is 6.49. The van der Waals surface area contributed by atoms with Crippen LogP contribution in [0, 0.1) is 0 Å². The van der Waals surface area contributed by atoms with Gasteiger partial charge in [-0.15, -0.1) is 0 Å². The molecule has 156 valence electrons. The molecule has 0 heterocycles. The number of amides is 2. The Morgan fingerprint density at radius 3 is 2.38 bits per heavy atom. The van der Waals surface area contributed by atoms with Gasteiger partial charge in [0.05, 0.1) is 28.3 Å². The standard InChI is InChI=1S/C19H22ClN3O5S/c1-11(2)23(3)29(26,27)13-6-7-15(20)14(10-13)19(25)22-16-9-12(18(21)24)5-8-17(16)28-4/h5-11H,1-4H3,(H2,21,24)(H,22,25). The molecule has 0 atom stereocenters. The monoisotopic (exact) mass is 439 g/mol. The van der Waals surface area contributed by atoms with Crippen molar-refractivity contribution in [1.29, 1.82) is 0 Å². The maximum absolute atomic E-state index is 12.8. The van der Waals surface area contributed by atoms with Crippen molar-refractivity contribution >= 4 is 39.1 Å². The van der Waals surface area contributed by atoms with Gasteiger partial charge in [0.15, 0.2) is 0 Å². The lowest BCUT2D eigenvalue weighted by Crippen LogP contribution is -2.33. The van der Waals surface area contributed by atoms with Crippen molar-refractivity contribution in [2.24, 2.45) is 5.73 Å². The van der Waals surface area contributed by atoms with Gasteiger partial charge in [-0.1, -0.05) is 11.6 Å². The zero-order valence-corrected chi connectivity index (χ0v) is 18.0. The smallest absolute Gasteiger partial charge is 0.257 e.